The van der Waals surface area contributed by atoms with Gasteiger partial charge in [0, 0.05) is 0 Å². The van der Waals surface area contributed by atoms with Gasteiger partial charge < -0.3 is 24.8 Å². The Kier molecular flexibility index (Phi) is 16.8. The first-order valence-corrected chi connectivity index (χ1v) is 12.1. The highest BCUT2D eigenvalue weighted by Gasteiger charge is 2.40. The first-order chi connectivity index (χ1) is 14.2. The highest BCUT2D eigenvalue weighted by molar-refractivity contribution is 4.89. The Balaban J connectivity index is 1.84. The molecule has 0 aliphatic carbocycles. The van der Waals surface area contributed by atoms with Crippen LogP contribution in [0.2, 0.25) is 0 Å². The van der Waals surface area contributed by atoms with Crippen LogP contribution in [0.25, 0.3) is 0 Å². The fourth-order valence-corrected chi connectivity index (χ4v) is 3.83. The lowest BCUT2D eigenvalue weighted by Crippen LogP contribution is -2.41. The van der Waals surface area contributed by atoms with Crippen molar-refractivity contribution in [2.45, 2.75) is 121 Å². The lowest BCUT2D eigenvalue weighted by molar-refractivity contribution is -0.0726. The predicted molar refractivity (Wildman–Crippen MR) is 118 cm³/mol. The van der Waals surface area contributed by atoms with Crippen molar-refractivity contribution in [3.8, 4) is 0 Å². The largest absolute Gasteiger partial charge is 0.394 e. The standard InChI is InChI=1S/C24H46O5/c1-2-3-4-5-6-7-8-9-10-11-12-13-14-15-16-17-18-28-22-20-29-24(23(22)27)21(26)19-25/h15-16,21-27H,2-14,17-20H2,1H3/b16-15+/t21-,22+,23+,24+/m0/s1. The van der Waals surface area contributed by atoms with Crippen molar-refractivity contribution in [1.29, 1.82) is 0 Å². The van der Waals surface area contributed by atoms with Crippen LogP contribution >= 0.6 is 0 Å². The van der Waals surface area contributed by atoms with Gasteiger partial charge in [0.2, 0.25) is 0 Å². The topological polar surface area (TPSA) is 79.2 Å². The number of rotatable bonds is 19. The molecule has 172 valence electrons. The normalized spacial score (nSPS) is 23.2. The molecule has 29 heavy (non-hydrogen) atoms. The van der Waals surface area contributed by atoms with Crippen molar-refractivity contribution >= 4 is 0 Å². The molecular weight excluding hydrogens is 368 g/mol. The van der Waals surface area contributed by atoms with Crippen LogP contribution in [0.5, 0.6) is 0 Å². The van der Waals surface area contributed by atoms with Gasteiger partial charge in [-0.2, -0.15) is 0 Å². The zero-order chi connectivity index (χ0) is 21.2. The molecule has 1 saturated heterocycles. The summed E-state index contributed by atoms with van der Waals surface area (Å²) in [5.74, 6) is 0. The van der Waals surface area contributed by atoms with Crippen molar-refractivity contribution < 1.29 is 24.8 Å². The van der Waals surface area contributed by atoms with E-state index in [9.17, 15) is 10.2 Å². The second-order valence-electron chi connectivity index (χ2n) is 8.39. The number of ether oxygens (including phenoxy) is 2. The van der Waals surface area contributed by atoms with Gasteiger partial charge in [-0.05, 0) is 19.3 Å². The number of hydrogen-bond acceptors (Lipinski definition) is 5. The van der Waals surface area contributed by atoms with Crippen molar-refractivity contribution in [3.63, 3.8) is 0 Å². The summed E-state index contributed by atoms with van der Waals surface area (Å²) in [6.45, 7) is 2.64. The average Bonchev–Trinajstić information content (AvgIpc) is 3.10. The Morgan fingerprint density at radius 3 is 2.03 bits per heavy atom. The van der Waals surface area contributed by atoms with Gasteiger partial charge in [0.15, 0.2) is 0 Å². The summed E-state index contributed by atoms with van der Waals surface area (Å²) in [7, 11) is 0. The molecule has 0 radical (unpaired) electrons. The quantitative estimate of drug-likeness (QED) is 0.214. The van der Waals surface area contributed by atoms with E-state index in [1.807, 2.05) is 0 Å². The third kappa shape index (κ3) is 12.7. The maximum atomic E-state index is 10.0. The van der Waals surface area contributed by atoms with E-state index in [4.69, 9.17) is 14.6 Å². The second kappa shape index (κ2) is 18.3. The van der Waals surface area contributed by atoms with Crippen molar-refractivity contribution in [1.82, 2.24) is 0 Å². The van der Waals surface area contributed by atoms with Crippen LogP contribution in [-0.4, -0.2) is 59.6 Å². The fraction of sp³-hybridized carbons (Fsp3) is 0.917. The van der Waals surface area contributed by atoms with Gasteiger partial charge in [-0.15, -0.1) is 0 Å². The number of allylic oxidation sites excluding steroid dienone is 1. The Morgan fingerprint density at radius 2 is 1.45 bits per heavy atom. The molecule has 0 saturated carbocycles. The molecule has 1 rings (SSSR count). The molecular formula is C24H46O5. The Morgan fingerprint density at radius 1 is 0.897 bits per heavy atom. The van der Waals surface area contributed by atoms with Gasteiger partial charge in [-0.25, -0.2) is 0 Å². The molecule has 1 aliphatic heterocycles. The van der Waals surface area contributed by atoms with Gasteiger partial charge in [0.05, 0.1) is 19.8 Å². The number of aliphatic hydroxyl groups is 3. The predicted octanol–water partition coefficient (Wildman–Crippen LogP) is 4.52. The molecule has 1 fully saturated rings. The molecule has 5 nitrogen and oxygen atoms in total. The third-order valence-corrected chi connectivity index (χ3v) is 5.74. The second-order valence-corrected chi connectivity index (χ2v) is 8.39. The summed E-state index contributed by atoms with van der Waals surface area (Å²) in [5.41, 5.74) is 0. The zero-order valence-corrected chi connectivity index (χ0v) is 18.6. The Bertz CT molecular complexity index is 387. The molecule has 1 aliphatic rings. The van der Waals surface area contributed by atoms with Crippen LogP contribution in [0.15, 0.2) is 12.2 Å². The number of aliphatic hydroxyl groups excluding tert-OH is 3. The molecule has 1 heterocycles. The van der Waals surface area contributed by atoms with Crippen molar-refractivity contribution in [2.75, 3.05) is 19.8 Å². The summed E-state index contributed by atoms with van der Waals surface area (Å²) >= 11 is 0. The number of hydrogen-bond donors (Lipinski definition) is 3. The van der Waals surface area contributed by atoms with Gasteiger partial charge in [0.25, 0.3) is 0 Å². The minimum absolute atomic E-state index is 0.255. The van der Waals surface area contributed by atoms with E-state index in [0.29, 0.717) is 6.61 Å². The molecule has 0 aromatic rings. The summed E-state index contributed by atoms with van der Waals surface area (Å²) in [5, 5.41) is 28.6. The van der Waals surface area contributed by atoms with Gasteiger partial charge in [-0.3, -0.25) is 0 Å². The van der Waals surface area contributed by atoms with Gasteiger partial charge in [0.1, 0.15) is 24.4 Å². The first kappa shape index (κ1) is 26.6. The molecule has 0 aromatic carbocycles. The Hall–Kier alpha value is -0.460. The van der Waals surface area contributed by atoms with Gasteiger partial charge >= 0.3 is 0 Å². The van der Waals surface area contributed by atoms with E-state index >= 15 is 0 Å². The minimum atomic E-state index is -1.06. The smallest absolute Gasteiger partial charge is 0.114 e. The molecule has 0 spiro atoms. The van der Waals surface area contributed by atoms with Crippen LogP contribution in [0.4, 0.5) is 0 Å². The molecule has 4 atom stereocenters. The van der Waals surface area contributed by atoms with Crippen molar-refractivity contribution in [3.05, 3.63) is 12.2 Å². The third-order valence-electron chi connectivity index (χ3n) is 5.74. The van der Waals surface area contributed by atoms with E-state index in [-0.39, 0.29) is 6.61 Å². The van der Waals surface area contributed by atoms with Gasteiger partial charge in [-0.1, -0.05) is 89.7 Å². The lowest BCUT2D eigenvalue weighted by atomic mass is 10.0. The fourth-order valence-electron chi connectivity index (χ4n) is 3.83. The SMILES string of the molecule is CCCCCCCCCCCCCC/C=C/CCO[C@@H]1CO[C@H]([C@@H](O)CO)[C@@H]1O. The van der Waals surface area contributed by atoms with Crippen molar-refractivity contribution in [2.24, 2.45) is 0 Å². The van der Waals surface area contributed by atoms with Crippen LogP contribution in [0.1, 0.15) is 96.8 Å². The van der Waals surface area contributed by atoms with E-state index in [0.717, 1.165) is 12.8 Å². The van der Waals surface area contributed by atoms with Crippen LogP contribution in [0, 0.1) is 0 Å². The maximum absolute atomic E-state index is 10.0. The monoisotopic (exact) mass is 414 g/mol. The summed E-state index contributed by atoms with van der Waals surface area (Å²) in [6.07, 6.45) is 19.7. The van der Waals surface area contributed by atoms with E-state index in [1.165, 1.54) is 77.0 Å². The number of unbranched alkanes of at least 4 members (excludes halogenated alkanes) is 12. The molecule has 5 heteroatoms. The minimum Gasteiger partial charge on any atom is -0.394 e. The van der Waals surface area contributed by atoms with Crippen LogP contribution in [0.3, 0.4) is 0 Å². The molecule has 0 unspecified atom stereocenters. The summed E-state index contributed by atoms with van der Waals surface area (Å²) < 4.78 is 11.0. The maximum Gasteiger partial charge on any atom is 0.114 e. The van der Waals surface area contributed by atoms with E-state index in [2.05, 4.69) is 19.1 Å². The average molecular weight is 415 g/mol. The summed E-state index contributed by atoms with van der Waals surface area (Å²) in [6, 6.07) is 0. The molecule has 0 amide bonds. The summed E-state index contributed by atoms with van der Waals surface area (Å²) in [4.78, 5) is 0. The van der Waals surface area contributed by atoms with Crippen LogP contribution < -0.4 is 0 Å². The highest BCUT2D eigenvalue weighted by atomic mass is 16.6. The van der Waals surface area contributed by atoms with E-state index in [1.54, 1.807) is 0 Å². The molecule has 0 bridgehead atoms. The van der Waals surface area contributed by atoms with Crippen LogP contribution in [-0.2, 0) is 9.47 Å². The first-order valence-electron chi connectivity index (χ1n) is 12.1. The molecule has 0 aromatic heterocycles. The van der Waals surface area contributed by atoms with E-state index < -0.39 is 31.0 Å². The zero-order valence-electron chi connectivity index (χ0n) is 18.6. The lowest BCUT2D eigenvalue weighted by Gasteiger charge is -2.20. The molecule has 3 N–H and O–H groups in total. The Labute approximate surface area is 178 Å². The highest BCUT2D eigenvalue weighted by Crippen LogP contribution is 2.20.